The number of thioether (sulfide) groups is 1. The topological polar surface area (TPSA) is 88.2 Å². The molecule has 0 aliphatic carbocycles. The normalized spacial score (nSPS) is 14.2. The van der Waals surface area contributed by atoms with Crippen molar-refractivity contribution < 1.29 is 23.9 Å². The van der Waals surface area contributed by atoms with Gasteiger partial charge in [0.1, 0.15) is 0 Å². The van der Waals surface area contributed by atoms with Crippen LogP contribution in [0.1, 0.15) is 29.8 Å². The number of likely N-dealkylation sites (N-methyl/N-ethyl adjacent to an activating group) is 1. The van der Waals surface area contributed by atoms with Gasteiger partial charge in [0.05, 0.1) is 16.5 Å². The van der Waals surface area contributed by atoms with Gasteiger partial charge in [-0.15, -0.1) is 0 Å². The number of nitrogens with one attached hydrogen (secondary N) is 1. The molecule has 1 fully saturated rings. The molecule has 0 radical (unpaired) electrons. The number of ether oxygens (including phenoxy) is 2. The molecule has 3 amide bonds. The molecule has 3 rings (SSSR count). The van der Waals surface area contributed by atoms with Gasteiger partial charge in [0.25, 0.3) is 17.7 Å². The van der Waals surface area contributed by atoms with Crippen molar-refractivity contribution in [3.63, 3.8) is 0 Å². The second kappa shape index (κ2) is 12.7. The summed E-state index contributed by atoms with van der Waals surface area (Å²) in [7, 11) is 1.49. The molecule has 0 bridgehead atoms. The van der Waals surface area contributed by atoms with Crippen molar-refractivity contribution >= 4 is 84.0 Å². The maximum Gasteiger partial charge on any atom is 0.285 e. The minimum atomic E-state index is -0.453. The van der Waals surface area contributed by atoms with Gasteiger partial charge < -0.3 is 14.4 Å². The van der Waals surface area contributed by atoms with Crippen LogP contribution in [0.4, 0.5) is 0 Å². The molecule has 0 atom stereocenters. The van der Waals surface area contributed by atoms with E-state index in [2.05, 4.69) is 37.3 Å². The third-order valence-corrected chi connectivity index (χ3v) is 7.54. The van der Waals surface area contributed by atoms with Gasteiger partial charge in [-0.1, -0.05) is 27.7 Å². The lowest BCUT2D eigenvalue weighted by Crippen LogP contribution is -2.44. The third kappa shape index (κ3) is 6.67. The molecule has 1 N–H and O–H groups in total. The number of thiocarbonyl (C=S) groups is 1. The van der Waals surface area contributed by atoms with Gasteiger partial charge >= 0.3 is 0 Å². The number of nitrogens with zero attached hydrogens (tertiary/aromatic N) is 2. The van der Waals surface area contributed by atoms with Gasteiger partial charge in [-0.25, -0.2) is 0 Å². The Morgan fingerprint density at radius 3 is 2.44 bits per heavy atom. The number of carbonyl (C=O) groups is 3. The number of rotatable bonds is 9. The third-order valence-electron chi connectivity index (χ3n) is 5.12. The highest BCUT2D eigenvalue weighted by Crippen LogP contribution is 2.39. The van der Waals surface area contributed by atoms with Gasteiger partial charge in [0.15, 0.2) is 22.4 Å². The summed E-state index contributed by atoms with van der Waals surface area (Å²) in [4.78, 5) is 39.8. The van der Waals surface area contributed by atoms with Gasteiger partial charge in [-0.05, 0) is 90.0 Å². The lowest BCUT2D eigenvalue weighted by molar-refractivity contribution is -0.133. The Labute approximate surface area is 235 Å². The molecular weight excluding hydrogens is 634 g/mol. The van der Waals surface area contributed by atoms with Crippen molar-refractivity contribution in [2.75, 3.05) is 26.8 Å². The van der Waals surface area contributed by atoms with E-state index in [4.69, 9.17) is 21.7 Å². The predicted molar refractivity (Wildman–Crippen MR) is 151 cm³/mol. The van der Waals surface area contributed by atoms with Gasteiger partial charge in [-0.2, -0.15) is 5.01 Å². The van der Waals surface area contributed by atoms with Gasteiger partial charge in [-0.3, -0.25) is 19.8 Å². The minimum absolute atomic E-state index is 0.132. The monoisotopic (exact) mass is 655 g/mol. The second-order valence-corrected chi connectivity index (χ2v) is 10.8. The van der Waals surface area contributed by atoms with E-state index in [0.717, 1.165) is 21.2 Å². The maximum absolute atomic E-state index is 13.0. The molecule has 36 heavy (non-hydrogen) atoms. The molecule has 0 spiro atoms. The Hall–Kier alpha value is -2.41. The highest BCUT2D eigenvalue weighted by atomic mass is 79.9. The van der Waals surface area contributed by atoms with Crippen LogP contribution in [-0.2, 0) is 9.59 Å². The highest BCUT2D eigenvalue weighted by molar-refractivity contribution is 9.10. The predicted octanol–water partition coefficient (Wildman–Crippen LogP) is 5.01. The molecule has 12 heteroatoms. The number of methoxy groups -OCH3 is 1. The molecule has 1 aliphatic heterocycles. The van der Waals surface area contributed by atoms with Crippen molar-refractivity contribution in [2.24, 2.45) is 0 Å². The fourth-order valence-corrected chi connectivity index (χ4v) is 5.27. The summed E-state index contributed by atoms with van der Waals surface area (Å²) in [5.74, 6) is -0.265. The first-order valence-corrected chi connectivity index (χ1v) is 13.6. The summed E-state index contributed by atoms with van der Waals surface area (Å²) < 4.78 is 12.8. The first-order valence-electron chi connectivity index (χ1n) is 10.8. The van der Waals surface area contributed by atoms with Crippen LogP contribution in [0.25, 0.3) is 6.08 Å². The molecule has 1 heterocycles. The van der Waals surface area contributed by atoms with Crippen molar-refractivity contribution in [3.05, 3.63) is 61.4 Å². The van der Waals surface area contributed by atoms with E-state index in [-0.39, 0.29) is 16.8 Å². The summed E-state index contributed by atoms with van der Waals surface area (Å²) >= 11 is 13.2. The molecular formula is C24H23Br2N3O5S2. The van der Waals surface area contributed by atoms with Crippen LogP contribution in [0, 0.1) is 0 Å². The SMILES string of the molecule is CCN(CC)C(=O)COc1c(Br)cc(/C=C2/SC(=S)N(NC(=O)c3ccc(Br)cc3)C2=O)cc1OC. The molecule has 1 saturated heterocycles. The van der Waals surface area contributed by atoms with Crippen LogP contribution in [0.15, 0.2) is 50.2 Å². The summed E-state index contributed by atoms with van der Waals surface area (Å²) in [6.45, 7) is 4.87. The first kappa shape index (κ1) is 28.2. The van der Waals surface area contributed by atoms with Crippen LogP contribution in [0.5, 0.6) is 11.5 Å². The molecule has 2 aromatic rings. The highest BCUT2D eigenvalue weighted by Gasteiger charge is 2.34. The second-order valence-electron chi connectivity index (χ2n) is 7.35. The molecule has 0 saturated carbocycles. The van der Waals surface area contributed by atoms with Crippen LogP contribution >= 0.6 is 55.8 Å². The Kier molecular flexibility index (Phi) is 9.94. The Bertz CT molecular complexity index is 1220. The summed E-state index contributed by atoms with van der Waals surface area (Å²) in [6.07, 6.45) is 1.64. The molecule has 2 aromatic carbocycles. The number of benzene rings is 2. The number of hydrogen-bond donors (Lipinski definition) is 1. The van der Waals surface area contributed by atoms with E-state index in [0.29, 0.717) is 45.1 Å². The van der Waals surface area contributed by atoms with E-state index in [1.165, 1.54) is 7.11 Å². The van der Waals surface area contributed by atoms with Gasteiger partial charge in [0.2, 0.25) is 0 Å². The summed E-state index contributed by atoms with van der Waals surface area (Å²) in [5.41, 5.74) is 3.58. The van der Waals surface area contributed by atoms with E-state index >= 15 is 0 Å². The zero-order chi connectivity index (χ0) is 26.4. The number of amides is 3. The minimum Gasteiger partial charge on any atom is -0.493 e. The van der Waals surface area contributed by atoms with Gasteiger partial charge in [0, 0.05) is 23.1 Å². The number of halogens is 2. The Morgan fingerprint density at radius 2 is 1.83 bits per heavy atom. The molecule has 8 nitrogen and oxygen atoms in total. The van der Waals surface area contributed by atoms with Crippen molar-refractivity contribution in [3.8, 4) is 11.5 Å². The lowest BCUT2D eigenvalue weighted by atomic mass is 10.2. The lowest BCUT2D eigenvalue weighted by Gasteiger charge is -2.20. The Morgan fingerprint density at radius 1 is 1.17 bits per heavy atom. The van der Waals surface area contributed by atoms with E-state index in [1.807, 2.05) is 13.8 Å². The summed E-state index contributed by atoms with van der Waals surface area (Å²) in [5, 5.41) is 1.05. The largest absolute Gasteiger partial charge is 0.493 e. The van der Waals surface area contributed by atoms with Crippen LogP contribution in [0.2, 0.25) is 0 Å². The first-order chi connectivity index (χ1) is 17.2. The zero-order valence-electron chi connectivity index (χ0n) is 19.7. The van der Waals surface area contributed by atoms with Crippen LogP contribution in [-0.4, -0.2) is 58.8 Å². The average Bonchev–Trinajstić information content (AvgIpc) is 3.11. The maximum atomic E-state index is 13.0. The standard InChI is InChI=1S/C24H23Br2N3O5S2/c1-4-28(5-2)20(30)13-34-21-17(26)10-14(11-18(21)33-3)12-19-23(32)29(24(35)36-19)27-22(31)15-6-8-16(25)9-7-15/h6-12H,4-5,13H2,1-3H3,(H,27,31)/b19-12+. The molecule has 0 aromatic heterocycles. The number of hydrogen-bond acceptors (Lipinski definition) is 7. The van der Waals surface area contributed by atoms with Crippen molar-refractivity contribution in [1.29, 1.82) is 0 Å². The van der Waals surface area contributed by atoms with Crippen molar-refractivity contribution in [1.82, 2.24) is 15.3 Å². The van der Waals surface area contributed by atoms with E-state index in [1.54, 1.807) is 47.4 Å². The fraction of sp³-hybridized carbons (Fsp3) is 0.250. The zero-order valence-corrected chi connectivity index (χ0v) is 24.5. The fourth-order valence-electron chi connectivity index (χ4n) is 3.25. The molecule has 1 aliphatic rings. The molecule has 0 unspecified atom stereocenters. The van der Waals surface area contributed by atoms with E-state index in [9.17, 15) is 14.4 Å². The van der Waals surface area contributed by atoms with E-state index < -0.39 is 11.8 Å². The smallest absolute Gasteiger partial charge is 0.285 e. The molecule has 190 valence electrons. The number of carbonyl (C=O) groups excluding carboxylic acids is 3. The number of hydrazine groups is 1. The van der Waals surface area contributed by atoms with Crippen LogP contribution in [0.3, 0.4) is 0 Å². The quantitative estimate of drug-likeness (QED) is 0.300. The van der Waals surface area contributed by atoms with Crippen molar-refractivity contribution in [2.45, 2.75) is 13.8 Å². The Balaban J connectivity index is 1.76. The van der Waals surface area contributed by atoms with Crippen LogP contribution < -0.4 is 14.9 Å². The average molecular weight is 657 g/mol. The summed E-state index contributed by atoms with van der Waals surface area (Å²) in [6, 6.07) is 10.2.